The molecule has 3 aromatic rings. The zero-order chi connectivity index (χ0) is 23.7. The summed E-state index contributed by atoms with van der Waals surface area (Å²) in [7, 11) is -3.65. The Morgan fingerprint density at radius 1 is 1.09 bits per heavy atom. The van der Waals surface area contributed by atoms with Crippen LogP contribution in [0.3, 0.4) is 0 Å². The van der Waals surface area contributed by atoms with E-state index in [1.165, 1.54) is 15.9 Å². The molecule has 1 aromatic heterocycles. The van der Waals surface area contributed by atoms with E-state index in [0.717, 1.165) is 48.0 Å². The standard InChI is InChI=1S/C25H28N2O6S/c1-17-6-8-19(34(29,30)27-10-12-31-13-11-27)15-22(17)26-25(28)16-32-18-7-9-24-21(14-18)20-4-2-3-5-23(20)33-24/h6-9,14-15H,2-5,10-13,16H2,1H3,(H,26,28). The van der Waals surface area contributed by atoms with Gasteiger partial charge in [-0.3, -0.25) is 4.79 Å². The molecule has 1 fully saturated rings. The molecule has 5 rings (SSSR count). The number of rotatable bonds is 6. The Balaban J connectivity index is 1.27. The van der Waals surface area contributed by atoms with E-state index in [0.29, 0.717) is 37.7 Å². The van der Waals surface area contributed by atoms with Gasteiger partial charge in [-0.15, -0.1) is 0 Å². The van der Waals surface area contributed by atoms with Crippen molar-refractivity contribution < 1.29 is 27.1 Å². The summed E-state index contributed by atoms with van der Waals surface area (Å²) in [6, 6.07) is 10.4. The second kappa shape index (κ2) is 9.40. The number of benzene rings is 2. The van der Waals surface area contributed by atoms with Gasteiger partial charge in [-0.1, -0.05) is 6.07 Å². The topological polar surface area (TPSA) is 98.1 Å². The predicted octanol–water partition coefficient (Wildman–Crippen LogP) is 3.66. The second-order valence-corrected chi connectivity index (χ2v) is 10.6. The molecule has 2 aromatic carbocycles. The molecule has 1 N–H and O–H groups in total. The van der Waals surface area contributed by atoms with Gasteiger partial charge >= 0.3 is 0 Å². The number of anilines is 1. The average Bonchev–Trinajstić information content (AvgIpc) is 3.22. The van der Waals surface area contributed by atoms with Crippen molar-refractivity contribution in [1.29, 1.82) is 0 Å². The molecule has 0 atom stereocenters. The quantitative estimate of drug-likeness (QED) is 0.574. The van der Waals surface area contributed by atoms with E-state index in [1.807, 2.05) is 19.1 Å². The lowest BCUT2D eigenvalue weighted by Gasteiger charge is -2.26. The summed E-state index contributed by atoms with van der Waals surface area (Å²) in [5.74, 6) is 1.29. The van der Waals surface area contributed by atoms with Crippen molar-refractivity contribution >= 4 is 32.6 Å². The highest BCUT2D eigenvalue weighted by Gasteiger charge is 2.27. The summed E-state index contributed by atoms with van der Waals surface area (Å²) < 4.78 is 44.3. The highest BCUT2D eigenvalue weighted by Crippen LogP contribution is 2.34. The van der Waals surface area contributed by atoms with Crippen LogP contribution in [-0.4, -0.2) is 51.5 Å². The molecule has 180 valence electrons. The van der Waals surface area contributed by atoms with Crippen molar-refractivity contribution in [3.8, 4) is 5.75 Å². The Morgan fingerprint density at radius 3 is 2.71 bits per heavy atom. The SMILES string of the molecule is Cc1ccc(S(=O)(=O)N2CCOCC2)cc1NC(=O)COc1ccc2oc3c(c2c1)CCCC3. The summed E-state index contributed by atoms with van der Waals surface area (Å²) in [5.41, 5.74) is 3.30. The lowest BCUT2D eigenvalue weighted by molar-refractivity contribution is -0.118. The number of carbonyl (C=O) groups excluding carboxylic acids is 1. The van der Waals surface area contributed by atoms with Crippen molar-refractivity contribution in [2.45, 2.75) is 37.5 Å². The molecule has 0 spiro atoms. The van der Waals surface area contributed by atoms with Crippen LogP contribution in [0.4, 0.5) is 5.69 Å². The smallest absolute Gasteiger partial charge is 0.262 e. The molecular formula is C25H28N2O6S. The van der Waals surface area contributed by atoms with Crippen LogP contribution in [-0.2, 0) is 32.4 Å². The number of hydrogen-bond donors (Lipinski definition) is 1. The van der Waals surface area contributed by atoms with Gasteiger partial charge in [0, 0.05) is 36.1 Å². The fourth-order valence-corrected chi connectivity index (χ4v) is 5.93. The molecule has 1 amide bonds. The third kappa shape index (κ3) is 4.55. The fourth-order valence-electron chi connectivity index (χ4n) is 4.50. The van der Waals surface area contributed by atoms with Gasteiger partial charge in [-0.05, 0) is 62.1 Å². The summed E-state index contributed by atoms with van der Waals surface area (Å²) in [4.78, 5) is 12.8. The molecule has 2 heterocycles. The van der Waals surface area contributed by atoms with Crippen LogP contribution in [0.25, 0.3) is 11.0 Å². The monoisotopic (exact) mass is 484 g/mol. The molecule has 0 bridgehead atoms. The number of morpholine rings is 1. The molecule has 1 aliphatic carbocycles. The first-order valence-corrected chi connectivity index (χ1v) is 13.0. The molecular weight excluding hydrogens is 456 g/mol. The number of amides is 1. The molecule has 2 aliphatic rings. The molecule has 1 aliphatic heterocycles. The number of nitrogens with zero attached hydrogens (tertiary/aromatic N) is 1. The molecule has 34 heavy (non-hydrogen) atoms. The van der Waals surface area contributed by atoms with Crippen LogP contribution < -0.4 is 10.1 Å². The number of hydrogen-bond acceptors (Lipinski definition) is 6. The van der Waals surface area contributed by atoms with E-state index in [4.69, 9.17) is 13.9 Å². The van der Waals surface area contributed by atoms with Crippen LogP contribution in [0.5, 0.6) is 5.75 Å². The molecule has 1 saturated heterocycles. The molecule has 9 heteroatoms. The van der Waals surface area contributed by atoms with E-state index < -0.39 is 10.0 Å². The first-order valence-electron chi connectivity index (χ1n) is 11.6. The van der Waals surface area contributed by atoms with Gasteiger partial charge in [0.25, 0.3) is 5.91 Å². The van der Waals surface area contributed by atoms with Crippen molar-refractivity contribution in [2.24, 2.45) is 0 Å². The molecule has 0 radical (unpaired) electrons. The van der Waals surface area contributed by atoms with E-state index >= 15 is 0 Å². The van der Waals surface area contributed by atoms with Crippen molar-refractivity contribution in [2.75, 3.05) is 38.2 Å². The lowest BCUT2D eigenvalue weighted by atomic mass is 9.96. The third-order valence-corrected chi connectivity index (χ3v) is 8.28. The summed E-state index contributed by atoms with van der Waals surface area (Å²) in [6.45, 7) is 3.01. The number of fused-ring (bicyclic) bond motifs is 3. The van der Waals surface area contributed by atoms with Gasteiger partial charge in [0.2, 0.25) is 10.0 Å². The average molecular weight is 485 g/mol. The minimum Gasteiger partial charge on any atom is -0.484 e. The van der Waals surface area contributed by atoms with Crippen molar-refractivity contribution in [3.05, 3.63) is 53.3 Å². The lowest BCUT2D eigenvalue weighted by Crippen LogP contribution is -2.40. The van der Waals surface area contributed by atoms with E-state index in [-0.39, 0.29) is 17.4 Å². The van der Waals surface area contributed by atoms with Gasteiger partial charge < -0.3 is 19.2 Å². The Morgan fingerprint density at radius 2 is 1.88 bits per heavy atom. The van der Waals surface area contributed by atoms with E-state index in [9.17, 15) is 13.2 Å². The highest BCUT2D eigenvalue weighted by atomic mass is 32.2. The molecule has 0 unspecified atom stereocenters. The number of nitrogens with one attached hydrogen (secondary N) is 1. The van der Waals surface area contributed by atoms with Crippen LogP contribution in [0.1, 0.15) is 29.7 Å². The first kappa shape index (κ1) is 22.9. The van der Waals surface area contributed by atoms with Crippen molar-refractivity contribution in [1.82, 2.24) is 4.31 Å². The first-order chi connectivity index (χ1) is 16.4. The maximum atomic E-state index is 13.0. The Kier molecular flexibility index (Phi) is 6.33. The highest BCUT2D eigenvalue weighted by molar-refractivity contribution is 7.89. The minimum atomic E-state index is -3.65. The summed E-state index contributed by atoms with van der Waals surface area (Å²) in [6.07, 6.45) is 4.25. The summed E-state index contributed by atoms with van der Waals surface area (Å²) >= 11 is 0. The van der Waals surface area contributed by atoms with E-state index in [2.05, 4.69) is 5.32 Å². The van der Waals surface area contributed by atoms with Gasteiger partial charge in [0.15, 0.2) is 6.61 Å². The van der Waals surface area contributed by atoms with Gasteiger partial charge in [0.1, 0.15) is 17.1 Å². The zero-order valence-corrected chi connectivity index (χ0v) is 19.9. The third-order valence-electron chi connectivity index (χ3n) is 6.39. The second-order valence-electron chi connectivity index (χ2n) is 8.70. The zero-order valence-electron chi connectivity index (χ0n) is 19.1. The summed E-state index contributed by atoms with van der Waals surface area (Å²) in [5, 5.41) is 3.83. The number of sulfonamides is 1. The van der Waals surface area contributed by atoms with Gasteiger partial charge in [-0.2, -0.15) is 4.31 Å². The molecule has 8 nitrogen and oxygen atoms in total. The molecule has 0 saturated carbocycles. The van der Waals surface area contributed by atoms with Crippen LogP contribution in [0.15, 0.2) is 45.7 Å². The van der Waals surface area contributed by atoms with Gasteiger partial charge in [-0.25, -0.2) is 8.42 Å². The fraction of sp³-hybridized carbons (Fsp3) is 0.400. The number of carbonyl (C=O) groups is 1. The van der Waals surface area contributed by atoms with Crippen molar-refractivity contribution in [3.63, 3.8) is 0 Å². The number of aryl methyl sites for hydroxylation is 3. The maximum absolute atomic E-state index is 13.0. The predicted molar refractivity (Wildman–Crippen MR) is 128 cm³/mol. The normalized spacial score (nSPS) is 16.9. The van der Waals surface area contributed by atoms with Gasteiger partial charge in [0.05, 0.1) is 18.1 Å². The van der Waals surface area contributed by atoms with Crippen LogP contribution in [0, 0.1) is 6.92 Å². The Hall–Kier alpha value is -2.88. The largest absolute Gasteiger partial charge is 0.484 e. The minimum absolute atomic E-state index is 0.145. The van der Waals surface area contributed by atoms with Crippen LogP contribution >= 0.6 is 0 Å². The Bertz CT molecular complexity index is 1320. The van der Waals surface area contributed by atoms with E-state index in [1.54, 1.807) is 18.2 Å². The number of ether oxygens (including phenoxy) is 2. The number of furan rings is 1. The Labute approximate surface area is 198 Å². The maximum Gasteiger partial charge on any atom is 0.262 e. The van der Waals surface area contributed by atoms with Crippen LogP contribution in [0.2, 0.25) is 0 Å².